The Morgan fingerprint density at radius 1 is 1.22 bits per heavy atom. The van der Waals surface area contributed by atoms with E-state index >= 15 is 0 Å². The van der Waals surface area contributed by atoms with E-state index < -0.39 is 5.91 Å². The molecule has 1 amide bonds. The SMILES string of the molecule is N#Cc1ccc(OCC(=O)N/N=C/c2c(Cl)cccc2Cl)cc1. The van der Waals surface area contributed by atoms with Gasteiger partial charge in [0.1, 0.15) is 5.75 Å². The van der Waals surface area contributed by atoms with E-state index in [0.717, 1.165) is 0 Å². The van der Waals surface area contributed by atoms with Crippen molar-refractivity contribution < 1.29 is 9.53 Å². The Bertz CT molecular complexity index is 748. The van der Waals surface area contributed by atoms with Gasteiger partial charge in [0, 0.05) is 5.56 Å². The van der Waals surface area contributed by atoms with Gasteiger partial charge in [-0.1, -0.05) is 29.3 Å². The summed E-state index contributed by atoms with van der Waals surface area (Å²) in [6.07, 6.45) is 1.37. The standard InChI is InChI=1S/C16H11Cl2N3O2/c17-14-2-1-3-15(18)13(14)9-20-21-16(22)10-23-12-6-4-11(8-19)5-7-12/h1-7,9H,10H2,(H,21,22)/b20-9+. The highest BCUT2D eigenvalue weighted by molar-refractivity contribution is 6.38. The number of halogens is 2. The van der Waals surface area contributed by atoms with Crippen LogP contribution in [0.4, 0.5) is 0 Å². The third-order valence-corrected chi connectivity index (χ3v) is 3.40. The zero-order valence-corrected chi connectivity index (χ0v) is 13.3. The zero-order chi connectivity index (χ0) is 16.7. The topological polar surface area (TPSA) is 74.5 Å². The van der Waals surface area contributed by atoms with E-state index in [1.54, 1.807) is 42.5 Å². The molecule has 116 valence electrons. The molecule has 7 heteroatoms. The van der Waals surface area contributed by atoms with Crippen LogP contribution < -0.4 is 10.2 Å². The summed E-state index contributed by atoms with van der Waals surface area (Å²) in [6, 6.07) is 13.5. The first-order valence-electron chi connectivity index (χ1n) is 6.49. The molecule has 2 aromatic carbocycles. The van der Waals surface area contributed by atoms with E-state index in [0.29, 0.717) is 26.9 Å². The smallest absolute Gasteiger partial charge is 0.277 e. The van der Waals surface area contributed by atoms with Gasteiger partial charge in [-0.15, -0.1) is 0 Å². The van der Waals surface area contributed by atoms with E-state index in [-0.39, 0.29) is 6.61 Å². The molecule has 0 aliphatic carbocycles. The number of hydrogen-bond acceptors (Lipinski definition) is 4. The Morgan fingerprint density at radius 3 is 2.48 bits per heavy atom. The van der Waals surface area contributed by atoms with Crippen molar-refractivity contribution in [2.45, 2.75) is 0 Å². The second kappa shape index (κ2) is 8.18. The number of hydrazone groups is 1. The highest BCUT2D eigenvalue weighted by Crippen LogP contribution is 2.21. The summed E-state index contributed by atoms with van der Waals surface area (Å²) in [5, 5.41) is 13.3. The molecule has 0 saturated heterocycles. The second-order valence-corrected chi connectivity index (χ2v) is 5.17. The first-order chi connectivity index (χ1) is 11.1. The Balaban J connectivity index is 1.85. The maximum Gasteiger partial charge on any atom is 0.277 e. The highest BCUT2D eigenvalue weighted by Gasteiger charge is 2.04. The van der Waals surface area contributed by atoms with Crippen LogP contribution in [0.3, 0.4) is 0 Å². The van der Waals surface area contributed by atoms with E-state index in [9.17, 15) is 4.79 Å². The lowest BCUT2D eigenvalue weighted by Gasteiger charge is -2.05. The molecule has 0 atom stereocenters. The molecule has 0 aromatic heterocycles. The lowest BCUT2D eigenvalue weighted by atomic mass is 10.2. The molecular weight excluding hydrogens is 337 g/mol. The Morgan fingerprint density at radius 2 is 1.87 bits per heavy atom. The fraction of sp³-hybridized carbons (Fsp3) is 0.0625. The predicted octanol–water partition coefficient (Wildman–Crippen LogP) is 3.39. The summed E-state index contributed by atoms with van der Waals surface area (Å²) in [5.74, 6) is 0.0473. The van der Waals surface area contributed by atoms with Gasteiger partial charge in [0.05, 0.1) is 27.9 Å². The Labute approximate surface area is 143 Å². The Kier molecular flexibility index (Phi) is 5.98. The monoisotopic (exact) mass is 347 g/mol. The summed E-state index contributed by atoms with van der Waals surface area (Å²) in [5.41, 5.74) is 3.35. The lowest BCUT2D eigenvalue weighted by Crippen LogP contribution is -2.24. The molecular formula is C16H11Cl2N3O2. The summed E-state index contributed by atoms with van der Waals surface area (Å²) in [7, 11) is 0. The number of carbonyl (C=O) groups excluding carboxylic acids is 1. The maximum atomic E-state index is 11.6. The number of amides is 1. The van der Waals surface area contributed by atoms with E-state index in [2.05, 4.69) is 10.5 Å². The third-order valence-electron chi connectivity index (χ3n) is 2.74. The average molecular weight is 348 g/mol. The van der Waals surface area contributed by atoms with Crippen molar-refractivity contribution in [1.82, 2.24) is 5.43 Å². The van der Waals surface area contributed by atoms with E-state index in [1.807, 2.05) is 6.07 Å². The fourth-order valence-corrected chi connectivity index (χ4v) is 2.10. The molecule has 0 aliphatic rings. The van der Waals surface area contributed by atoms with Gasteiger partial charge in [-0.25, -0.2) is 5.43 Å². The third kappa shape index (κ3) is 4.99. The predicted molar refractivity (Wildman–Crippen MR) is 88.9 cm³/mol. The molecule has 2 aromatic rings. The van der Waals surface area contributed by atoms with Crippen molar-refractivity contribution in [2.24, 2.45) is 5.10 Å². The minimum absolute atomic E-state index is 0.209. The number of benzene rings is 2. The normalized spacial score (nSPS) is 10.3. The number of nitriles is 1. The molecule has 0 bridgehead atoms. The zero-order valence-electron chi connectivity index (χ0n) is 11.8. The summed E-state index contributed by atoms with van der Waals surface area (Å²) in [6.45, 7) is -0.209. The molecule has 0 spiro atoms. The quantitative estimate of drug-likeness (QED) is 0.665. The average Bonchev–Trinajstić information content (AvgIpc) is 2.56. The maximum absolute atomic E-state index is 11.6. The van der Waals surface area contributed by atoms with Crippen molar-refractivity contribution >= 4 is 35.3 Å². The molecule has 23 heavy (non-hydrogen) atoms. The molecule has 0 saturated carbocycles. The van der Waals surface area contributed by atoms with Gasteiger partial charge in [0.25, 0.3) is 5.91 Å². The first-order valence-corrected chi connectivity index (χ1v) is 7.24. The van der Waals surface area contributed by atoms with Gasteiger partial charge in [-0.05, 0) is 36.4 Å². The minimum atomic E-state index is -0.436. The van der Waals surface area contributed by atoms with Crippen molar-refractivity contribution in [2.75, 3.05) is 6.61 Å². The molecule has 1 N–H and O–H groups in total. The van der Waals surface area contributed by atoms with Gasteiger partial charge >= 0.3 is 0 Å². The largest absolute Gasteiger partial charge is 0.484 e. The molecule has 0 fully saturated rings. The van der Waals surface area contributed by atoms with Crippen LogP contribution in [-0.2, 0) is 4.79 Å². The van der Waals surface area contributed by atoms with Crippen LogP contribution in [0.2, 0.25) is 10.0 Å². The van der Waals surface area contributed by atoms with E-state index in [1.165, 1.54) is 6.21 Å². The van der Waals surface area contributed by atoms with Crippen LogP contribution >= 0.6 is 23.2 Å². The van der Waals surface area contributed by atoms with Crippen molar-refractivity contribution in [1.29, 1.82) is 5.26 Å². The summed E-state index contributed by atoms with van der Waals surface area (Å²) in [4.78, 5) is 11.6. The van der Waals surface area contributed by atoms with Crippen LogP contribution in [0.1, 0.15) is 11.1 Å². The number of rotatable bonds is 5. The second-order valence-electron chi connectivity index (χ2n) is 4.35. The van der Waals surface area contributed by atoms with Crippen molar-refractivity contribution in [3.05, 3.63) is 63.6 Å². The van der Waals surface area contributed by atoms with Gasteiger partial charge in [0.15, 0.2) is 6.61 Å². The molecule has 0 radical (unpaired) electrons. The number of carbonyl (C=O) groups is 1. The van der Waals surface area contributed by atoms with Crippen molar-refractivity contribution in [3.8, 4) is 11.8 Å². The number of ether oxygens (including phenoxy) is 1. The molecule has 5 nitrogen and oxygen atoms in total. The van der Waals surface area contributed by atoms with Crippen LogP contribution in [0, 0.1) is 11.3 Å². The lowest BCUT2D eigenvalue weighted by molar-refractivity contribution is -0.123. The number of hydrogen-bond donors (Lipinski definition) is 1. The van der Waals surface area contributed by atoms with Crippen LogP contribution in [-0.4, -0.2) is 18.7 Å². The van der Waals surface area contributed by atoms with Gasteiger partial charge < -0.3 is 4.74 Å². The first kappa shape index (κ1) is 16.8. The number of nitrogens with one attached hydrogen (secondary N) is 1. The highest BCUT2D eigenvalue weighted by atomic mass is 35.5. The van der Waals surface area contributed by atoms with Crippen molar-refractivity contribution in [3.63, 3.8) is 0 Å². The van der Waals surface area contributed by atoms with Crippen LogP contribution in [0.15, 0.2) is 47.6 Å². The summed E-state index contributed by atoms with van der Waals surface area (Å²) >= 11 is 11.9. The number of nitrogens with zero attached hydrogens (tertiary/aromatic N) is 2. The molecule has 0 heterocycles. The van der Waals surface area contributed by atoms with Crippen LogP contribution in [0.25, 0.3) is 0 Å². The van der Waals surface area contributed by atoms with Gasteiger partial charge in [-0.2, -0.15) is 10.4 Å². The fourth-order valence-electron chi connectivity index (χ4n) is 1.61. The summed E-state index contributed by atoms with van der Waals surface area (Å²) < 4.78 is 5.27. The molecule has 2 rings (SSSR count). The molecule has 0 aliphatic heterocycles. The van der Waals surface area contributed by atoms with Gasteiger partial charge in [0.2, 0.25) is 0 Å². The Hall–Kier alpha value is -2.55. The van der Waals surface area contributed by atoms with Crippen LogP contribution in [0.5, 0.6) is 5.75 Å². The van der Waals surface area contributed by atoms with Gasteiger partial charge in [-0.3, -0.25) is 4.79 Å². The van der Waals surface area contributed by atoms with E-state index in [4.69, 9.17) is 33.2 Å². The minimum Gasteiger partial charge on any atom is -0.484 e. The molecule has 0 unspecified atom stereocenters.